The van der Waals surface area contributed by atoms with E-state index in [9.17, 15) is 31.5 Å². The fraction of sp³-hybridized carbons (Fsp3) is 0.357. The highest BCUT2D eigenvalue weighted by atomic mass is 35.5. The van der Waals surface area contributed by atoms with Gasteiger partial charge in [-0.25, -0.2) is 21.6 Å². The molecule has 2 saturated carbocycles. The quantitative estimate of drug-likeness (QED) is 0.342. The number of fused-ring (bicyclic) bond motifs is 2. The number of carbonyl (C=O) groups excluding carboxylic acids is 1. The van der Waals surface area contributed by atoms with Gasteiger partial charge in [-0.05, 0) is 67.3 Å². The number of aromatic nitrogens is 1. The lowest BCUT2D eigenvalue weighted by Gasteiger charge is -2.40. The molecule has 2 aliphatic carbocycles. The highest BCUT2D eigenvalue weighted by Gasteiger charge is 2.54. The van der Waals surface area contributed by atoms with Gasteiger partial charge in [0.25, 0.3) is 5.91 Å². The average Bonchev–Trinajstić information content (AvgIpc) is 3.21. The summed E-state index contributed by atoms with van der Waals surface area (Å²) < 4.78 is 73.9. The standard InChI is InChI=1S/C28H26ClF3N2O5S/c29-21-6-5-17(27(35)34-20-9-22(30)25(32)23(31)10-20)8-24(21)40(37,38)26-18-3-4-19(26)12-28(36,11-18)15-39-14-16-2-1-7-33-13-16/h1-2,5-10,13,18-19,26,36H,3-4,11-12,14-15H2,(H,34,35)/t18-,19?,26?,28+/m0/s1. The van der Waals surface area contributed by atoms with Gasteiger partial charge in [0.2, 0.25) is 0 Å². The average molecular weight is 595 g/mol. The van der Waals surface area contributed by atoms with Gasteiger partial charge >= 0.3 is 0 Å². The van der Waals surface area contributed by atoms with Crippen LogP contribution < -0.4 is 5.32 Å². The first-order valence-electron chi connectivity index (χ1n) is 12.7. The first-order valence-corrected chi connectivity index (χ1v) is 14.6. The SMILES string of the molecule is O=C(Nc1cc(F)c(F)c(F)c1)c1ccc(Cl)c(S(=O)(=O)C2C3CC[C@H]2C[C@](O)(COCc2cccnc2)C3)c1. The largest absolute Gasteiger partial charge is 0.387 e. The number of sulfone groups is 1. The maximum absolute atomic E-state index is 13.9. The lowest BCUT2D eigenvalue weighted by molar-refractivity contribution is -0.0866. The smallest absolute Gasteiger partial charge is 0.255 e. The van der Waals surface area contributed by atoms with Crippen LogP contribution in [0, 0.1) is 29.3 Å². The van der Waals surface area contributed by atoms with Gasteiger partial charge in [0.05, 0.1) is 34.0 Å². The molecule has 40 heavy (non-hydrogen) atoms. The minimum Gasteiger partial charge on any atom is -0.387 e. The second kappa shape index (κ2) is 11.1. The zero-order valence-electron chi connectivity index (χ0n) is 21.1. The Kier molecular flexibility index (Phi) is 7.93. The van der Waals surface area contributed by atoms with E-state index in [-0.39, 0.29) is 59.1 Å². The van der Waals surface area contributed by atoms with Gasteiger partial charge in [0, 0.05) is 35.8 Å². The highest BCUT2D eigenvalue weighted by Crippen LogP contribution is 2.51. The van der Waals surface area contributed by atoms with Gasteiger partial charge in [-0.3, -0.25) is 9.78 Å². The summed E-state index contributed by atoms with van der Waals surface area (Å²) in [5.41, 5.74) is -0.767. The number of amides is 1. The molecule has 12 heteroatoms. The molecule has 1 heterocycles. The summed E-state index contributed by atoms with van der Waals surface area (Å²) in [5.74, 6) is -6.17. The molecule has 212 valence electrons. The third-order valence-corrected chi connectivity index (χ3v) is 10.5. The number of hydrogen-bond acceptors (Lipinski definition) is 6. The highest BCUT2D eigenvalue weighted by molar-refractivity contribution is 7.92. The van der Waals surface area contributed by atoms with Gasteiger partial charge in [-0.15, -0.1) is 0 Å². The molecule has 2 fully saturated rings. The molecule has 1 aromatic heterocycles. The number of halogens is 4. The van der Waals surface area contributed by atoms with Crippen molar-refractivity contribution in [2.45, 2.75) is 48.0 Å². The zero-order valence-corrected chi connectivity index (χ0v) is 22.7. The number of nitrogens with one attached hydrogen (secondary N) is 1. The van der Waals surface area contributed by atoms with Crippen molar-refractivity contribution in [3.63, 3.8) is 0 Å². The third kappa shape index (κ3) is 5.74. The molecule has 0 radical (unpaired) electrons. The minimum absolute atomic E-state index is 0.0582. The first-order chi connectivity index (χ1) is 19.0. The number of nitrogens with zero attached hydrogens (tertiary/aromatic N) is 1. The van der Waals surface area contributed by atoms with Gasteiger partial charge < -0.3 is 15.2 Å². The molecule has 2 unspecified atom stereocenters. The Hall–Kier alpha value is -2.99. The van der Waals surface area contributed by atoms with Crippen molar-refractivity contribution in [1.29, 1.82) is 0 Å². The Bertz CT molecular complexity index is 1500. The number of benzene rings is 2. The Labute approximate surface area is 234 Å². The van der Waals surface area contributed by atoms with Crippen LogP contribution in [0.4, 0.5) is 18.9 Å². The van der Waals surface area contributed by atoms with Gasteiger partial charge in [-0.2, -0.15) is 0 Å². The van der Waals surface area contributed by atoms with Crippen molar-refractivity contribution in [3.05, 3.63) is 88.5 Å². The van der Waals surface area contributed by atoms with E-state index in [1.54, 1.807) is 18.5 Å². The van der Waals surface area contributed by atoms with Gasteiger partial charge in [0.15, 0.2) is 27.3 Å². The summed E-state index contributed by atoms with van der Waals surface area (Å²) in [6, 6.07) is 8.55. The summed E-state index contributed by atoms with van der Waals surface area (Å²) >= 11 is 6.30. The number of pyridine rings is 1. The number of hydrogen-bond donors (Lipinski definition) is 2. The lowest BCUT2D eigenvalue weighted by atomic mass is 9.77. The maximum atomic E-state index is 13.9. The monoisotopic (exact) mass is 594 g/mol. The summed E-state index contributed by atoms with van der Waals surface area (Å²) in [6.45, 7) is 0.331. The first kappa shape index (κ1) is 28.5. The number of carbonyl (C=O) groups is 1. The van der Waals surface area contributed by atoms with E-state index in [4.69, 9.17) is 16.3 Å². The Morgan fingerprint density at radius 3 is 2.40 bits per heavy atom. The van der Waals surface area contributed by atoms with Crippen LogP contribution in [0.2, 0.25) is 5.02 Å². The zero-order chi connectivity index (χ0) is 28.7. The van der Waals surface area contributed by atoms with E-state index in [2.05, 4.69) is 10.3 Å². The van der Waals surface area contributed by atoms with Crippen molar-refractivity contribution in [2.24, 2.45) is 11.8 Å². The fourth-order valence-corrected chi connectivity index (χ4v) is 8.79. The number of anilines is 1. The molecule has 2 bridgehead atoms. The van der Waals surface area contributed by atoms with Crippen LogP contribution in [0.3, 0.4) is 0 Å². The molecule has 2 N–H and O–H groups in total. The molecule has 0 spiro atoms. The summed E-state index contributed by atoms with van der Waals surface area (Å²) in [7, 11) is -4.03. The second-order valence-electron chi connectivity index (χ2n) is 10.4. The molecule has 2 aliphatic rings. The van der Waals surface area contributed by atoms with Crippen molar-refractivity contribution in [3.8, 4) is 0 Å². The third-order valence-electron chi connectivity index (χ3n) is 7.58. The summed E-state index contributed by atoms with van der Waals surface area (Å²) in [5, 5.41) is 12.6. The molecule has 4 atom stereocenters. The Morgan fingerprint density at radius 1 is 1.10 bits per heavy atom. The molecule has 5 rings (SSSR count). The Balaban J connectivity index is 1.32. The molecule has 0 saturated heterocycles. The van der Waals surface area contributed by atoms with E-state index < -0.39 is 44.0 Å². The van der Waals surface area contributed by atoms with Gasteiger partial charge in [-0.1, -0.05) is 17.7 Å². The van der Waals surface area contributed by atoms with E-state index in [1.165, 1.54) is 12.1 Å². The number of aliphatic hydroxyl groups is 1. The van der Waals surface area contributed by atoms with E-state index >= 15 is 0 Å². The van der Waals surface area contributed by atoms with Gasteiger partial charge in [0.1, 0.15) is 0 Å². The topological polar surface area (TPSA) is 106 Å². The molecule has 0 aliphatic heterocycles. The van der Waals surface area contributed by atoms with Crippen LogP contribution >= 0.6 is 11.6 Å². The van der Waals surface area contributed by atoms with Crippen LogP contribution in [0.5, 0.6) is 0 Å². The predicted molar refractivity (Wildman–Crippen MR) is 141 cm³/mol. The number of ether oxygens (including phenoxy) is 1. The van der Waals surface area contributed by atoms with Crippen LogP contribution in [0.25, 0.3) is 0 Å². The summed E-state index contributed by atoms with van der Waals surface area (Å²) in [4.78, 5) is 16.6. The summed E-state index contributed by atoms with van der Waals surface area (Å²) in [6.07, 6.45) is 5.02. The molecular weight excluding hydrogens is 569 g/mol. The van der Waals surface area contributed by atoms with Crippen molar-refractivity contribution < 1.29 is 36.2 Å². The minimum atomic E-state index is -4.03. The molecule has 7 nitrogen and oxygen atoms in total. The molecule has 1 amide bonds. The predicted octanol–water partition coefficient (Wildman–Crippen LogP) is 5.31. The van der Waals surface area contributed by atoms with Crippen molar-refractivity contribution in [2.75, 3.05) is 11.9 Å². The fourth-order valence-electron chi connectivity index (χ4n) is 5.94. The van der Waals surface area contributed by atoms with E-state index in [0.717, 1.165) is 11.6 Å². The van der Waals surface area contributed by atoms with Crippen molar-refractivity contribution >= 4 is 33.0 Å². The van der Waals surface area contributed by atoms with Crippen molar-refractivity contribution in [1.82, 2.24) is 4.98 Å². The second-order valence-corrected chi connectivity index (χ2v) is 12.9. The molecule has 2 aromatic carbocycles. The molecular formula is C28H26ClF3N2O5S. The Morgan fingerprint density at radius 2 is 1.77 bits per heavy atom. The lowest BCUT2D eigenvalue weighted by Crippen LogP contribution is -2.48. The molecule has 3 aromatic rings. The van der Waals surface area contributed by atoms with Crippen LogP contribution in [0.1, 0.15) is 41.6 Å². The van der Waals surface area contributed by atoms with E-state index in [0.29, 0.717) is 25.0 Å². The van der Waals surface area contributed by atoms with E-state index in [1.807, 2.05) is 6.07 Å². The normalized spacial score (nSPS) is 24.2. The van der Waals surface area contributed by atoms with Crippen LogP contribution in [0.15, 0.2) is 59.8 Å². The maximum Gasteiger partial charge on any atom is 0.255 e. The van der Waals surface area contributed by atoms with Crippen LogP contribution in [-0.2, 0) is 21.2 Å². The van der Waals surface area contributed by atoms with Crippen LogP contribution in [-0.4, -0.2) is 41.9 Å². The number of rotatable bonds is 8.